The molecule has 0 aliphatic heterocycles. The number of nitrogens with zero attached hydrogens (tertiary/aromatic N) is 1. The molecule has 6 nitrogen and oxygen atoms in total. The minimum absolute atomic E-state index is 0.163. The number of carbonyl (C=O) groups is 1. The summed E-state index contributed by atoms with van der Waals surface area (Å²) in [7, 11) is 3.20. The lowest BCUT2D eigenvalue weighted by atomic mass is 10.1. The molecule has 6 heteroatoms. The highest BCUT2D eigenvalue weighted by Gasteiger charge is 2.09. The van der Waals surface area contributed by atoms with Gasteiger partial charge in [-0.1, -0.05) is 24.3 Å². The molecule has 1 aromatic heterocycles. The van der Waals surface area contributed by atoms with Crippen molar-refractivity contribution >= 4 is 17.4 Å². The molecule has 0 radical (unpaired) electrons. The second-order valence-corrected chi connectivity index (χ2v) is 6.23. The second kappa shape index (κ2) is 8.90. The van der Waals surface area contributed by atoms with Gasteiger partial charge in [-0.2, -0.15) is 0 Å². The van der Waals surface area contributed by atoms with Crippen LogP contribution in [-0.4, -0.2) is 25.1 Å². The van der Waals surface area contributed by atoms with E-state index in [9.17, 15) is 4.79 Å². The number of benzene rings is 2. The Morgan fingerprint density at radius 1 is 1.04 bits per heavy atom. The van der Waals surface area contributed by atoms with Gasteiger partial charge in [0.05, 0.1) is 25.5 Å². The molecule has 0 bridgehead atoms. The van der Waals surface area contributed by atoms with Crippen LogP contribution in [0.4, 0.5) is 11.5 Å². The number of methoxy groups -OCH3 is 2. The van der Waals surface area contributed by atoms with Crippen molar-refractivity contribution in [2.45, 2.75) is 13.5 Å². The Kier molecular flexibility index (Phi) is 6.11. The molecule has 0 saturated heterocycles. The van der Waals surface area contributed by atoms with Crippen molar-refractivity contribution in [2.75, 3.05) is 19.5 Å². The van der Waals surface area contributed by atoms with Crippen LogP contribution in [0.25, 0.3) is 0 Å². The van der Waals surface area contributed by atoms with Crippen molar-refractivity contribution in [3.8, 4) is 11.5 Å². The standard InChI is InChI=1S/C22H23N3O3/c1-15-6-4-5-7-16(15)13-24-22(26)17-8-11-21(23-14-17)25-19-10-9-18(27-2)12-20(19)28-3/h4-12,14H,13H2,1-3H3,(H,23,25)(H,24,26). The van der Waals surface area contributed by atoms with E-state index < -0.39 is 0 Å². The lowest BCUT2D eigenvalue weighted by Gasteiger charge is -2.12. The number of hydrogen-bond donors (Lipinski definition) is 2. The van der Waals surface area contributed by atoms with Crippen molar-refractivity contribution < 1.29 is 14.3 Å². The van der Waals surface area contributed by atoms with E-state index in [0.717, 1.165) is 16.8 Å². The SMILES string of the molecule is COc1ccc(Nc2ccc(C(=O)NCc3ccccc3C)cn2)c(OC)c1. The van der Waals surface area contributed by atoms with Gasteiger partial charge in [0.1, 0.15) is 17.3 Å². The summed E-state index contributed by atoms with van der Waals surface area (Å²) >= 11 is 0. The maximum absolute atomic E-state index is 12.4. The smallest absolute Gasteiger partial charge is 0.253 e. The van der Waals surface area contributed by atoms with Gasteiger partial charge in [-0.15, -0.1) is 0 Å². The van der Waals surface area contributed by atoms with Crippen LogP contribution in [0.15, 0.2) is 60.8 Å². The Morgan fingerprint density at radius 2 is 1.86 bits per heavy atom. The minimum atomic E-state index is -0.163. The third kappa shape index (κ3) is 4.59. The van der Waals surface area contributed by atoms with Gasteiger partial charge in [-0.25, -0.2) is 4.98 Å². The van der Waals surface area contributed by atoms with Crippen LogP contribution in [-0.2, 0) is 6.54 Å². The zero-order valence-electron chi connectivity index (χ0n) is 16.2. The average Bonchev–Trinajstić information content (AvgIpc) is 2.73. The molecular weight excluding hydrogens is 354 g/mol. The molecule has 2 N–H and O–H groups in total. The Labute approximate surface area is 164 Å². The number of ether oxygens (including phenoxy) is 2. The van der Waals surface area contributed by atoms with Gasteiger partial charge in [-0.05, 0) is 42.3 Å². The maximum atomic E-state index is 12.4. The largest absolute Gasteiger partial charge is 0.497 e. The zero-order chi connectivity index (χ0) is 19.9. The van der Waals surface area contributed by atoms with Gasteiger partial charge in [0.2, 0.25) is 0 Å². The molecule has 144 valence electrons. The van der Waals surface area contributed by atoms with Gasteiger partial charge in [0.15, 0.2) is 0 Å². The molecule has 0 aliphatic carbocycles. The number of pyridine rings is 1. The van der Waals surface area contributed by atoms with Gasteiger partial charge >= 0.3 is 0 Å². The maximum Gasteiger partial charge on any atom is 0.253 e. The molecule has 3 rings (SSSR count). The number of hydrogen-bond acceptors (Lipinski definition) is 5. The fraction of sp³-hybridized carbons (Fsp3) is 0.182. The fourth-order valence-electron chi connectivity index (χ4n) is 2.73. The molecular formula is C22H23N3O3. The summed E-state index contributed by atoms with van der Waals surface area (Å²) in [5, 5.41) is 6.11. The van der Waals surface area contributed by atoms with E-state index >= 15 is 0 Å². The lowest BCUT2D eigenvalue weighted by Crippen LogP contribution is -2.23. The highest BCUT2D eigenvalue weighted by molar-refractivity contribution is 5.94. The van der Waals surface area contributed by atoms with Crippen LogP contribution in [0.3, 0.4) is 0 Å². The van der Waals surface area contributed by atoms with Crippen molar-refractivity contribution in [1.82, 2.24) is 10.3 Å². The number of anilines is 2. The molecule has 0 spiro atoms. The summed E-state index contributed by atoms with van der Waals surface area (Å²) in [6, 6.07) is 16.9. The highest BCUT2D eigenvalue weighted by atomic mass is 16.5. The van der Waals surface area contributed by atoms with E-state index in [1.807, 2.05) is 43.3 Å². The summed E-state index contributed by atoms with van der Waals surface area (Å²) in [6.45, 7) is 2.51. The normalized spacial score (nSPS) is 10.2. The fourth-order valence-corrected chi connectivity index (χ4v) is 2.73. The third-order valence-corrected chi connectivity index (χ3v) is 4.40. The minimum Gasteiger partial charge on any atom is -0.497 e. The first kappa shape index (κ1) is 19.2. The monoisotopic (exact) mass is 377 g/mol. The van der Waals surface area contributed by atoms with Crippen molar-refractivity contribution in [1.29, 1.82) is 0 Å². The van der Waals surface area contributed by atoms with Crippen molar-refractivity contribution in [3.05, 3.63) is 77.5 Å². The predicted octanol–water partition coefficient (Wildman–Crippen LogP) is 4.08. The van der Waals surface area contributed by atoms with E-state index in [1.165, 1.54) is 0 Å². The average molecular weight is 377 g/mol. The van der Waals surface area contributed by atoms with Gasteiger partial charge in [0.25, 0.3) is 5.91 Å². The molecule has 0 atom stereocenters. The van der Waals surface area contributed by atoms with Crippen LogP contribution in [0.5, 0.6) is 11.5 Å². The van der Waals surface area contributed by atoms with E-state index in [-0.39, 0.29) is 5.91 Å². The molecule has 3 aromatic rings. The molecule has 28 heavy (non-hydrogen) atoms. The Hall–Kier alpha value is -3.54. The number of aromatic nitrogens is 1. The van der Waals surface area contributed by atoms with E-state index in [2.05, 4.69) is 15.6 Å². The van der Waals surface area contributed by atoms with Gasteiger partial charge < -0.3 is 20.1 Å². The Bertz CT molecular complexity index is 955. The lowest BCUT2D eigenvalue weighted by molar-refractivity contribution is 0.0950. The molecule has 0 saturated carbocycles. The first-order valence-electron chi connectivity index (χ1n) is 8.88. The first-order valence-corrected chi connectivity index (χ1v) is 8.88. The molecule has 2 aromatic carbocycles. The summed E-state index contributed by atoms with van der Waals surface area (Å²) in [5.74, 6) is 1.79. The van der Waals surface area contributed by atoms with Crippen LogP contribution >= 0.6 is 0 Å². The highest BCUT2D eigenvalue weighted by Crippen LogP contribution is 2.30. The van der Waals surface area contributed by atoms with Crippen LogP contribution in [0, 0.1) is 6.92 Å². The number of nitrogens with one attached hydrogen (secondary N) is 2. The predicted molar refractivity (Wildman–Crippen MR) is 109 cm³/mol. The van der Waals surface area contributed by atoms with Crippen molar-refractivity contribution in [2.24, 2.45) is 0 Å². The van der Waals surface area contributed by atoms with Crippen LogP contribution < -0.4 is 20.1 Å². The zero-order valence-corrected chi connectivity index (χ0v) is 16.2. The molecule has 0 unspecified atom stereocenters. The van der Waals surface area contributed by atoms with Crippen molar-refractivity contribution in [3.63, 3.8) is 0 Å². The second-order valence-electron chi connectivity index (χ2n) is 6.23. The summed E-state index contributed by atoms with van der Waals surface area (Å²) in [5.41, 5.74) is 3.50. The first-order chi connectivity index (χ1) is 13.6. The quantitative estimate of drug-likeness (QED) is 0.649. The Morgan fingerprint density at radius 3 is 2.54 bits per heavy atom. The molecule has 0 aliphatic rings. The number of rotatable bonds is 7. The number of carbonyl (C=O) groups excluding carboxylic acids is 1. The summed E-state index contributed by atoms with van der Waals surface area (Å²) < 4.78 is 10.6. The van der Waals surface area contributed by atoms with Gasteiger partial charge in [-0.3, -0.25) is 4.79 Å². The number of amides is 1. The molecule has 1 heterocycles. The molecule has 0 fully saturated rings. The third-order valence-electron chi connectivity index (χ3n) is 4.40. The Balaban J connectivity index is 1.65. The topological polar surface area (TPSA) is 72.5 Å². The van der Waals surface area contributed by atoms with Gasteiger partial charge in [0, 0.05) is 18.8 Å². The summed E-state index contributed by atoms with van der Waals surface area (Å²) in [6.07, 6.45) is 1.55. The van der Waals surface area contributed by atoms with Crippen LogP contribution in [0.2, 0.25) is 0 Å². The molecule has 1 amide bonds. The van der Waals surface area contributed by atoms with E-state index in [0.29, 0.717) is 29.4 Å². The van der Waals surface area contributed by atoms with E-state index in [4.69, 9.17) is 9.47 Å². The summed E-state index contributed by atoms with van der Waals surface area (Å²) in [4.78, 5) is 16.7. The van der Waals surface area contributed by atoms with Crippen LogP contribution in [0.1, 0.15) is 21.5 Å². The number of aryl methyl sites for hydroxylation is 1. The van der Waals surface area contributed by atoms with E-state index in [1.54, 1.807) is 38.6 Å².